The van der Waals surface area contributed by atoms with Crippen LogP contribution >= 0.6 is 0 Å². The fourth-order valence-corrected chi connectivity index (χ4v) is 2.27. The van der Waals surface area contributed by atoms with E-state index in [0.29, 0.717) is 24.2 Å². The second kappa shape index (κ2) is 9.98. The van der Waals surface area contributed by atoms with Crippen LogP contribution in [-0.2, 0) is 16.0 Å². The zero-order valence-corrected chi connectivity index (χ0v) is 15.0. The summed E-state index contributed by atoms with van der Waals surface area (Å²) < 4.78 is 5.07. The monoisotopic (exact) mass is 353 g/mol. The predicted octanol–water partition coefficient (Wildman–Crippen LogP) is 3.15. The van der Waals surface area contributed by atoms with Gasteiger partial charge in [0.1, 0.15) is 5.75 Å². The van der Waals surface area contributed by atoms with Crippen LogP contribution < -0.4 is 15.5 Å². The number of hydrogen-bond donors (Lipinski definition) is 2. The fourth-order valence-electron chi connectivity index (χ4n) is 2.27. The lowest BCUT2D eigenvalue weighted by Gasteiger charge is -2.06. The molecule has 6 nitrogen and oxygen atoms in total. The molecule has 2 aromatic carbocycles. The molecule has 0 radical (unpaired) electrons. The maximum absolute atomic E-state index is 12.0. The number of carbonyl (C=O) groups excluding carboxylic acids is 2. The zero-order valence-electron chi connectivity index (χ0n) is 15.0. The average molecular weight is 353 g/mol. The molecular weight excluding hydrogens is 330 g/mol. The van der Waals surface area contributed by atoms with Gasteiger partial charge in [0.25, 0.3) is 0 Å². The summed E-state index contributed by atoms with van der Waals surface area (Å²) in [6.07, 6.45) is 1.10. The van der Waals surface area contributed by atoms with Crippen LogP contribution in [-0.4, -0.2) is 24.6 Å². The van der Waals surface area contributed by atoms with Gasteiger partial charge < -0.3 is 10.1 Å². The lowest BCUT2D eigenvalue weighted by Crippen LogP contribution is -2.21. The molecule has 0 aliphatic rings. The number of hydrazone groups is 1. The summed E-state index contributed by atoms with van der Waals surface area (Å²) in [5.41, 5.74) is 4.80. The molecule has 2 N–H and O–H groups in total. The number of rotatable bonds is 8. The van der Waals surface area contributed by atoms with E-state index >= 15 is 0 Å². The number of aryl methyl sites for hydroxylation is 1. The molecule has 0 spiro atoms. The molecular formula is C20H23N3O3. The average Bonchev–Trinajstić information content (AvgIpc) is 2.66. The standard InChI is InChI=1S/C20H23N3O3/c1-15(14-20(25)21-17-9-11-18(26-2)12-10-17)22-23-19(24)13-8-16-6-4-3-5-7-16/h3-7,9-12H,8,13-14H2,1-2H3,(H,21,25)(H,23,24). The van der Waals surface area contributed by atoms with E-state index in [1.165, 1.54) is 0 Å². The van der Waals surface area contributed by atoms with E-state index in [4.69, 9.17) is 4.74 Å². The summed E-state index contributed by atoms with van der Waals surface area (Å²) in [6.45, 7) is 1.70. The van der Waals surface area contributed by atoms with E-state index in [-0.39, 0.29) is 18.2 Å². The molecule has 0 fully saturated rings. The van der Waals surface area contributed by atoms with Gasteiger partial charge in [-0.25, -0.2) is 5.43 Å². The van der Waals surface area contributed by atoms with Crippen molar-refractivity contribution in [2.24, 2.45) is 5.10 Å². The molecule has 6 heteroatoms. The van der Waals surface area contributed by atoms with Crippen molar-refractivity contribution in [2.45, 2.75) is 26.2 Å². The van der Waals surface area contributed by atoms with Crippen molar-refractivity contribution < 1.29 is 14.3 Å². The van der Waals surface area contributed by atoms with Crippen molar-refractivity contribution in [3.8, 4) is 5.75 Å². The van der Waals surface area contributed by atoms with E-state index in [2.05, 4.69) is 15.8 Å². The number of amides is 2. The zero-order chi connectivity index (χ0) is 18.8. The number of anilines is 1. The minimum Gasteiger partial charge on any atom is -0.497 e. The van der Waals surface area contributed by atoms with Crippen LogP contribution in [0.5, 0.6) is 5.75 Å². The molecule has 0 atom stereocenters. The predicted molar refractivity (Wildman–Crippen MR) is 102 cm³/mol. The highest BCUT2D eigenvalue weighted by Gasteiger charge is 2.06. The lowest BCUT2D eigenvalue weighted by molar-refractivity contribution is -0.121. The lowest BCUT2D eigenvalue weighted by atomic mass is 10.1. The number of ether oxygens (including phenoxy) is 1. The Morgan fingerprint density at radius 1 is 1.00 bits per heavy atom. The highest BCUT2D eigenvalue weighted by atomic mass is 16.5. The van der Waals surface area contributed by atoms with Crippen molar-refractivity contribution in [3.63, 3.8) is 0 Å². The van der Waals surface area contributed by atoms with Crippen LogP contribution in [0.25, 0.3) is 0 Å². The topological polar surface area (TPSA) is 79.8 Å². The fraction of sp³-hybridized carbons (Fsp3) is 0.250. The van der Waals surface area contributed by atoms with Gasteiger partial charge >= 0.3 is 0 Å². The van der Waals surface area contributed by atoms with E-state index in [1.807, 2.05) is 30.3 Å². The van der Waals surface area contributed by atoms with Gasteiger partial charge in [-0.2, -0.15) is 5.10 Å². The van der Waals surface area contributed by atoms with Crippen LogP contribution in [0.3, 0.4) is 0 Å². The summed E-state index contributed by atoms with van der Waals surface area (Å²) in [5, 5.41) is 6.75. The summed E-state index contributed by atoms with van der Waals surface area (Å²) >= 11 is 0. The minimum atomic E-state index is -0.199. The van der Waals surface area contributed by atoms with Gasteiger partial charge in [0.15, 0.2) is 0 Å². The summed E-state index contributed by atoms with van der Waals surface area (Å²) in [7, 11) is 1.58. The Bertz CT molecular complexity index is 756. The maximum atomic E-state index is 12.0. The molecule has 0 heterocycles. The molecule has 2 aromatic rings. The van der Waals surface area contributed by atoms with Gasteiger partial charge in [-0.3, -0.25) is 9.59 Å². The summed E-state index contributed by atoms with van der Waals surface area (Å²) in [5.74, 6) is 0.345. The Morgan fingerprint density at radius 3 is 2.35 bits per heavy atom. The van der Waals surface area contributed by atoms with E-state index < -0.39 is 0 Å². The first-order chi connectivity index (χ1) is 12.6. The van der Waals surface area contributed by atoms with E-state index in [0.717, 1.165) is 11.3 Å². The molecule has 0 saturated carbocycles. The second-order valence-corrected chi connectivity index (χ2v) is 5.82. The normalized spacial score (nSPS) is 10.9. The van der Waals surface area contributed by atoms with Gasteiger partial charge in [-0.05, 0) is 43.2 Å². The highest BCUT2D eigenvalue weighted by molar-refractivity contribution is 6.05. The molecule has 0 saturated heterocycles. The van der Waals surface area contributed by atoms with Gasteiger partial charge in [0.2, 0.25) is 11.8 Å². The van der Waals surface area contributed by atoms with Gasteiger partial charge in [0.05, 0.1) is 13.5 Å². The SMILES string of the molecule is COc1ccc(NC(=O)CC(C)=NNC(=O)CCc2ccccc2)cc1. The molecule has 136 valence electrons. The Hall–Kier alpha value is -3.15. The van der Waals surface area contributed by atoms with Gasteiger partial charge in [-0.1, -0.05) is 30.3 Å². The van der Waals surface area contributed by atoms with Crippen LogP contribution in [0, 0.1) is 0 Å². The first kappa shape index (κ1) is 19.2. The van der Waals surface area contributed by atoms with Crippen LogP contribution in [0.2, 0.25) is 0 Å². The second-order valence-electron chi connectivity index (χ2n) is 5.82. The van der Waals surface area contributed by atoms with Crippen molar-refractivity contribution >= 4 is 23.2 Å². The molecule has 2 rings (SSSR count). The number of methoxy groups -OCH3 is 1. The van der Waals surface area contributed by atoms with Crippen LogP contribution in [0.4, 0.5) is 5.69 Å². The first-order valence-electron chi connectivity index (χ1n) is 8.36. The quantitative estimate of drug-likeness (QED) is 0.565. The van der Waals surface area contributed by atoms with Crippen molar-refractivity contribution in [1.29, 1.82) is 0 Å². The van der Waals surface area contributed by atoms with E-state index in [9.17, 15) is 9.59 Å². The third-order valence-electron chi connectivity index (χ3n) is 3.65. The van der Waals surface area contributed by atoms with Crippen LogP contribution in [0.15, 0.2) is 59.7 Å². The third-order valence-corrected chi connectivity index (χ3v) is 3.65. The van der Waals surface area contributed by atoms with E-state index in [1.54, 1.807) is 38.3 Å². The largest absolute Gasteiger partial charge is 0.497 e. The first-order valence-corrected chi connectivity index (χ1v) is 8.36. The summed E-state index contributed by atoms with van der Waals surface area (Å²) in [6, 6.07) is 16.8. The Morgan fingerprint density at radius 2 is 1.69 bits per heavy atom. The van der Waals surface area contributed by atoms with Crippen LogP contribution in [0.1, 0.15) is 25.3 Å². The number of nitrogens with zero attached hydrogens (tertiary/aromatic N) is 1. The molecule has 0 aromatic heterocycles. The number of nitrogens with one attached hydrogen (secondary N) is 2. The van der Waals surface area contributed by atoms with Gasteiger partial charge in [0, 0.05) is 17.8 Å². The Labute approximate surface area is 153 Å². The minimum absolute atomic E-state index is 0.102. The van der Waals surface area contributed by atoms with Crippen molar-refractivity contribution in [2.75, 3.05) is 12.4 Å². The number of carbonyl (C=O) groups is 2. The molecule has 0 unspecified atom stereocenters. The van der Waals surface area contributed by atoms with Crippen molar-refractivity contribution in [1.82, 2.24) is 5.43 Å². The number of benzene rings is 2. The van der Waals surface area contributed by atoms with Gasteiger partial charge in [-0.15, -0.1) is 0 Å². The van der Waals surface area contributed by atoms with Crippen molar-refractivity contribution in [3.05, 3.63) is 60.2 Å². The molecule has 0 aliphatic heterocycles. The number of hydrogen-bond acceptors (Lipinski definition) is 4. The smallest absolute Gasteiger partial charge is 0.240 e. The highest BCUT2D eigenvalue weighted by Crippen LogP contribution is 2.15. The molecule has 26 heavy (non-hydrogen) atoms. The Kier molecular flexibility index (Phi) is 7.36. The summed E-state index contributed by atoms with van der Waals surface area (Å²) in [4.78, 5) is 23.8. The molecule has 0 aliphatic carbocycles. The molecule has 0 bridgehead atoms. The third kappa shape index (κ3) is 6.76. The Balaban J connectivity index is 1.74. The molecule has 2 amide bonds. The maximum Gasteiger partial charge on any atom is 0.240 e.